The Balaban J connectivity index is 2.18. The molecule has 1 saturated carbocycles. The Hall–Kier alpha value is -0.820. The summed E-state index contributed by atoms with van der Waals surface area (Å²) >= 11 is 4.38. The first kappa shape index (κ1) is 18.5. The minimum absolute atomic E-state index is 0.146. The van der Waals surface area contributed by atoms with Gasteiger partial charge in [-0.1, -0.05) is 19.3 Å². The van der Waals surface area contributed by atoms with Crippen LogP contribution in [0, 0.1) is 18.5 Å². The number of hydrogen-bond acceptors (Lipinski definition) is 3. The molecule has 1 N–H and O–H groups in total. The summed E-state index contributed by atoms with van der Waals surface area (Å²) in [5.74, 6) is 0.536. The number of hydrogen-bond donors (Lipinski definition) is 1. The number of ether oxygens (including phenoxy) is 1. The molecule has 1 aliphatic rings. The van der Waals surface area contributed by atoms with Gasteiger partial charge in [0.1, 0.15) is 17.4 Å². The molecule has 2 rings (SSSR count). The normalized spacial score (nSPS) is 15.8. The Kier molecular flexibility index (Phi) is 7.14. The van der Waals surface area contributed by atoms with Crippen LogP contribution in [0.2, 0.25) is 0 Å². The first-order valence-corrected chi connectivity index (χ1v) is 9.66. The number of halogens is 2. The molecule has 0 heterocycles. The fourth-order valence-corrected chi connectivity index (χ4v) is 4.94. The number of rotatable bonds is 4. The first-order valence-electron chi connectivity index (χ1n) is 7.51. The van der Waals surface area contributed by atoms with Gasteiger partial charge in [0.25, 0.3) is 5.91 Å². The highest BCUT2D eigenvalue weighted by atomic mass is 127. The van der Waals surface area contributed by atoms with Crippen LogP contribution in [0.5, 0.6) is 5.75 Å². The lowest BCUT2D eigenvalue weighted by molar-refractivity contribution is -0.117. The van der Waals surface area contributed by atoms with E-state index in [9.17, 15) is 10.1 Å². The molecule has 0 atom stereocenters. The standard InChI is InChI=1S/C17H18I2N2O2/c1-23-16-14(18)8-11(9-15(16)19)7-12(10-20)17(22)21-13-5-3-2-4-6-13/h7-9,13H,2-6H2,1H3,(H,21,22)/b12-7+. The highest BCUT2D eigenvalue weighted by Crippen LogP contribution is 2.29. The molecule has 0 unspecified atom stereocenters. The average molecular weight is 536 g/mol. The fourth-order valence-electron chi connectivity index (χ4n) is 2.68. The van der Waals surface area contributed by atoms with Crippen LogP contribution in [0.3, 0.4) is 0 Å². The van der Waals surface area contributed by atoms with Crippen LogP contribution >= 0.6 is 45.2 Å². The van der Waals surface area contributed by atoms with Crippen LogP contribution in [0.25, 0.3) is 6.08 Å². The zero-order valence-electron chi connectivity index (χ0n) is 12.9. The molecule has 1 fully saturated rings. The highest BCUT2D eigenvalue weighted by Gasteiger charge is 2.18. The van der Waals surface area contributed by atoms with Gasteiger partial charge in [-0.05, 0) is 81.8 Å². The van der Waals surface area contributed by atoms with Gasteiger partial charge in [-0.15, -0.1) is 0 Å². The number of nitrogens with one attached hydrogen (secondary N) is 1. The van der Waals surface area contributed by atoms with Gasteiger partial charge in [0.2, 0.25) is 0 Å². The van der Waals surface area contributed by atoms with E-state index in [4.69, 9.17) is 4.74 Å². The Bertz CT molecular complexity index is 636. The Morgan fingerprint density at radius 3 is 2.43 bits per heavy atom. The van der Waals surface area contributed by atoms with Crippen molar-refractivity contribution in [1.29, 1.82) is 5.26 Å². The number of nitrogens with zero attached hydrogens (tertiary/aromatic N) is 1. The number of amides is 1. The molecular formula is C17H18I2N2O2. The van der Waals surface area contributed by atoms with Crippen LogP contribution in [-0.4, -0.2) is 19.1 Å². The molecular weight excluding hydrogens is 518 g/mol. The molecule has 0 bridgehead atoms. The Morgan fingerprint density at radius 2 is 1.91 bits per heavy atom. The lowest BCUT2D eigenvalue weighted by atomic mass is 9.95. The smallest absolute Gasteiger partial charge is 0.262 e. The summed E-state index contributed by atoms with van der Waals surface area (Å²) < 4.78 is 7.23. The van der Waals surface area contributed by atoms with Gasteiger partial charge in [-0.25, -0.2) is 0 Å². The van der Waals surface area contributed by atoms with E-state index < -0.39 is 0 Å². The summed E-state index contributed by atoms with van der Waals surface area (Å²) in [6.45, 7) is 0. The van der Waals surface area contributed by atoms with E-state index in [-0.39, 0.29) is 17.5 Å². The number of carbonyl (C=O) groups is 1. The van der Waals surface area contributed by atoms with Crippen LogP contribution < -0.4 is 10.1 Å². The molecule has 1 aliphatic carbocycles. The van der Waals surface area contributed by atoms with Gasteiger partial charge in [0.05, 0.1) is 14.3 Å². The zero-order chi connectivity index (χ0) is 16.8. The second-order valence-electron chi connectivity index (χ2n) is 5.50. The monoisotopic (exact) mass is 536 g/mol. The molecule has 1 amide bonds. The third-order valence-electron chi connectivity index (χ3n) is 3.84. The van der Waals surface area contributed by atoms with Crippen molar-refractivity contribution < 1.29 is 9.53 Å². The maximum absolute atomic E-state index is 12.3. The summed E-state index contributed by atoms with van der Waals surface area (Å²) in [6, 6.07) is 6.04. The summed E-state index contributed by atoms with van der Waals surface area (Å²) in [5, 5.41) is 12.3. The molecule has 23 heavy (non-hydrogen) atoms. The minimum Gasteiger partial charge on any atom is -0.495 e. The molecule has 1 aromatic carbocycles. The third kappa shape index (κ3) is 5.08. The van der Waals surface area contributed by atoms with Crippen molar-refractivity contribution >= 4 is 57.2 Å². The molecule has 122 valence electrons. The van der Waals surface area contributed by atoms with Crippen molar-refractivity contribution in [3.63, 3.8) is 0 Å². The van der Waals surface area contributed by atoms with Crippen molar-refractivity contribution in [1.82, 2.24) is 5.32 Å². The van der Waals surface area contributed by atoms with Gasteiger partial charge in [0, 0.05) is 6.04 Å². The summed E-state index contributed by atoms with van der Waals surface area (Å²) in [7, 11) is 1.63. The minimum atomic E-state index is -0.278. The maximum atomic E-state index is 12.3. The second kappa shape index (κ2) is 8.87. The van der Waals surface area contributed by atoms with E-state index in [1.54, 1.807) is 13.2 Å². The number of methoxy groups -OCH3 is 1. The van der Waals surface area contributed by atoms with Crippen LogP contribution in [0.15, 0.2) is 17.7 Å². The summed E-state index contributed by atoms with van der Waals surface area (Å²) in [6.07, 6.45) is 7.17. The van der Waals surface area contributed by atoms with E-state index in [1.807, 2.05) is 18.2 Å². The summed E-state index contributed by atoms with van der Waals surface area (Å²) in [4.78, 5) is 12.3. The molecule has 1 aromatic rings. The lowest BCUT2D eigenvalue weighted by Crippen LogP contribution is -2.36. The SMILES string of the molecule is COc1c(I)cc(/C=C(\C#N)C(=O)NC2CCCCC2)cc1I. The number of nitriles is 1. The lowest BCUT2D eigenvalue weighted by Gasteiger charge is -2.22. The average Bonchev–Trinajstić information content (AvgIpc) is 2.53. The maximum Gasteiger partial charge on any atom is 0.262 e. The Labute approximate surface area is 163 Å². The van der Waals surface area contributed by atoms with E-state index in [2.05, 4.69) is 50.5 Å². The van der Waals surface area contributed by atoms with Crippen molar-refractivity contribution in [2.75, 3.05) is 7.11 Å². The van der Waals surface area contributed by atoms with E-state index in [1.165, 1.54) is 6.42 Å². The zero-order valence-corrected chi connectivity index (χ0v) is 17.2. The van der Waals surface area contributed by atoms with E-state index >= 15 is 0 Å². The van der Waals surface area contributed by atoms with Gasteiger partial charge in [-0.3, -0.25) is 4.79 Å². The molecule has 0 saturated heterocycles. The van der Waals surface area contributed by atoms with Gasteiger partial charge < -0.3 is 10.1 Å². The predicted octanol–water partition coefficient (Wildman–Crippen LogP) is 4.26. The van der Waals surface area contributed by atoms with Gasteiger partial charge in [0.15, 0.2) is 0 Å². The number of carbonyl (C=O) groups excluding carboxylic acids is 1. The van der Waals surface area contributed by atoms with E-state index in [0.29, 0.717) is 0 Å². The quantitative estimate of drug-likeness (QED) is 0.356. The molecule has 0 aromatic heterocycles. The molecule has 0 aliphatic heterocycles. The largest absolute Gasteiger partial charge is 0.495 e. The van der Waals surface area contributed by atoms with E-state index in [0.717, 1.165) is 44.1 Å². The predicted molar refractivity (Wildman–Crippen MR) is 107 cm³/mol. The van der Waals surface area contributed by atoms with Crippen molar-refractivity contribution in [3.8, 4) is 11.8 Å². The molecule has 6 heteroatoms. The topological polar surface area (TPSA) is 62.1 Å². The molecule has 0 spiro atoms. The van der Waals surface area contributed by atoms with Crippen molar-refractivity contribution in [3.05, 3.63) is 30.4 Å². The molecule has 4 nitrogen and oxygen atoms in total. The van der Waals surface area contributed by atoms with Crippen LogP contribution in [0.1, 0.15) is 37.7 Å². The van der Waals surface area contributed by atoms with Crippen molar-refractivity contribution in [2.24, 2.45) is 0 Å². The number of benzene rings is 1. The van der Waals surface area contributed by atoms with Gasteiger partial charge >= 0.3 is 0 Å². The Morgan fingerprint density at radius 1 is 1.30 bits per heavy atom. The summed E-state index contributed by atoms with van der Waals surface area (Å²) in [5.41, 5.74) is 0.974. The third-order valence-corrected chi connectivity index (χ3v) is 5.44. The first-order chi connectivity index (χ1) is 11.0. The highest BCUT2D eigenvalue weighted by molar-refractivity contribution is 14.1. The fraction of sp³-hybridized carbons (Fsp3) is 0.412. The second-order valence-corrected chi connectivity index (χ2v) is 7.82. The van der Waals surface area contributed by atoms with Crippen LogP contribution in [-0.2, 0) is 4.79 Å². The van der Waals surface area contributed by atoms with Crippen LogP contribution in [0.4, 0.5) is 0 Å². The van der Waals surface area contributed by atoms with Gasteiger partial charge in [-0.2, -0.15) is 5.26 Å². The van der Waals surface area contributed by atoms with Crippen molar-refractivity contribution in [2.45, 2.75) is 38.1 Å². The molecule has 0 radical (unpaired) electrons.